The van der Waals surface area contributed by atoms with Crippen molar-refractivity contribution < 1.29 is 0 Å². The number of hydrogen-bond donors (Lipinski definition) is 1. The second-order valence-electron chi connectivity index (χ2n) is 4.62. The van der Waals surface area contributed by atoms with Crippen molar-refractivity contribution in [2.24, 2.45) is 5.73 Å². The van der Waals surface area contributed by atoms with E-state index in [1.165, 1.54) is 0 Å². The third-order valence-corrected chi connectivity index (χ3v) is 3.31. The maximum absolute atomic E-state index is 6.36. The fourth-order valence-corrected chi connectivity index (χ4v) is 2.19. The largest absolute Gasteiger partial charge is 0.319 e. The number of rotatable bonds is 3. The predicted molar refractivity (Wildman–Crippen MR) is 76.4 cm³/mol. The van der Waals surface area contributed by atoms with E-state index in [0.717, 1.165) is 22.5 Å². The van der Waals surface area contributed by atoms with E-state index in [-0.39, 0.29) is 6.04 Å². The third kappa shape index (κ3) is 2.19. The minimum absolute atomic E-state index is 0.307. The van der Waals surface area contributed by atoms with Crippen LogP contribution >= 0.6 is 0 Å². The quantitative estimate of drug-likeness (QED) is 0.786. The molecule has 2 aromatic heterocycles. The van der Waals surface area contributed by atoms with Gasteiger partial charge in [-0.2, -0.15) is 0 Å². The first-order valence-corrected chi connectivity index (χ1v) is 6.39. The molecule has 0 saturated carbocycles. The van der Waals surface area contributed by atoms with Crippen LogP contribution in [-0.4, -0.2) is 20.0 Å². The lowest BCUT2D eigenvalue weighted by atomic mass is 10.0. The van der Waals surface area contributed by atoms with Crippen molar-refractivity contribution in [1.29, 1.82) is 0 Å². The van der Waals surface area contributed by atoms with Gasteiger partial charge in [-0.25, -0.2) is 4.68 Å². The Labute approximate surface area is 117 Å². The average molecular weight is 265 g/mol. The van der Waals surface area contributed by atoms with Crippen molar-refractivity contribution in [3.8, 4) is 5.69 Å². The van der Waals surface area contributed by atoms with Gasteiger partial charge in [0.25, 0.3) is 0 Å². The zero-order valence-corrected chi connectivity index (χ0v) is 11.1. The summed E-state index contributed by atoms with van der Waals surface area (Å²) < 4.78 is 1.76. The van der Waals surface area contributed by atoms with Crippen LogP contribution in [0, 0.1) is 6.92 Å². The standard InChI is InChI=1S/C15H15N5/c1-11-7-8-17-9-13(11)15(16)14-10-18-19-20(14)12-5-3-2-4-6-12/h2-10,15H,16H2,1H3. The van der Waals surface area contributed by atoms with E-state index in [2.05, 4.69) is 15.3 Å². The van der Waals surface area contributed by atoms with E-state index < -0.39 is 0 Å². The molecule has 0 aliphatic heterocycles. The van der Waals surface area contributed by atoms with E-state index in [1.807, 2.05) is 43.3 Å². The topological polar surface area (TPSA) is 69.6 Å². The molecule has 5 heteroatoms. The van der Waals surface area contributed by atoms with Crippen LogP contribution in [0.4, 0.5) is 0 Å². The lowest BCUT2D eigenvalue weighted by molar-refractivity contribution is 0.715. The Bertz CT molecular complexity index is 705. The molecule has 100 valence electrons. The molecule has 1 aromatic carbocycles. The maximum atomic E-state index is 6.36. The molecule has 1 atom stereocenters. The monoisotopic (exact) mass is 265 g/mol. The molecule has 0 radical (unpaired) electrons. The molecule has 0 spiro atoms. The molecule has 2 heterocycles. The summed E-state index contributed by atoms with van der Waals surface area (Å²) in [4.78, 5) is 4.15. The second-order valence-corrected chi connectivity index (χ2v) is 4.62. The van der Waals surface area contributed by atoms with Crippen LogP contribution in [0.3, 0.4) is 0 Å². The molecule has 3 aromatic rings. The van der Waals surface area contributed by atoms with Gasteiger partial charge in [0.2, 0.25) is 0 Å². The molecule has 0 aliphatic rings. The number of hydrogen-bond acceptors (Lipinski definition) is 4. The van der Waals surface area contributed by atoms with Gasteiger partial charge >= 0.3 is 0 Å². The molecular formula is C15H15N5. The van der Waals surface area contributed by atoms with Crippen LogP contribution in [0.2, 0.25) is 0 Å². The molecular weight excluding hydrogens is 250 g/mol. The molecule has 1 unspecified atom stereocenters. The van der Waals surface area contributed by atoms with E-state index in [0.29, 0.717) is 0 Å². The number of nitrogens with zero attached hydrogens (tertiary/aromatic N) is 4. The summed E-state index contributed by atoms with van der Waals surface area (Å²) in [6.45, 7) is 2.02. The number of aryl methyl sites for hydroxylation is 1. The summed E-state index contributed by atoms with van der Waals surface area (Å²) in [6.07, 6.45) is 5.25. The van der Waals surface area contributed by atoms with Crippen LogP contribution in [0.25, 0.3) is 5.69 Å². The summed E-state index contributed by atoms with van der Waals surface area (Å²) in [5, 5.41) is 8.12. The smallest absolute Gasteiger partial charge is 0.0859 e. The molecule has 0 fully saturated rings. The first-order valence-electron chi connectivity index (χ1n) is 6.39. The molecule has 2 N–H and O–H groups in total. The van der Waals surface area contributed by atoms with Crippen molar-refractivity contribution in [2.45, 2.75) is 13.0 Å². The lowest BCUT2D eigenvalue weighted by Gasteiger charge is -2.15. The molecule has 20 heavy (non-hydrogen) atoms. The van der Waals surface area contributed by atoms with Crippen molar-refractivity contribution in [2.75, 3.05) is 0 Å². The van der Waals surface area contributed by atoms with Gasteiger partial charge in [-0.05, 0) is 36.2 Å². The predicted octanol–water partition coefficient (Wildman–Crippen LogP) is 2.02. The van der Waals surface area contributed by atoms with E-state index >= 15 is 0 Å². The van der Waals surface area contributed by atoms with Gasteiger partial charge in [0.15, 0.2) is 0 Å². The van der Waals surface area contributed by atoms with E-state index in [4.69, 9.17) is 5.73 Å². The summed E-state index contributed by atoms with van der Waals surface area (Å²) in [6, 6.07) is 11.5. The lowest BCUT2D eigenvalue weighted by Crippen LogP contribution is -2.18. The normalized spacial score (nSPS) is 12.3. The van der Waals surface area contributed by atoms with Crippen LogP contribution in [0.5, 0.6) is 0 Å². The zero-order chi connectivity index (χ0) is 13.9. The minimum atomic E-state index is -0.307. The Morgan fingerprint density at radius 3 is 2.65 bits per heavy atom. The summed E-state index contributed by atoms with van der Waals surface area (Å²) in [7, 11) is 0. The third-order valence-electron chi connectivity index (χ3n) is 3.31. The molecule has 0 saturated heterocycles. The SMILES string of the molecule is Cc1ccncc1C(N)c1cnnn1-c1ccccc1. The van der Waals surface area contributed by atoms with Gasteiger partial charge < -0.3 is 5.73 Å². The highest BCUT2D eigenvalue weighted by molar-refractivity contribution is 5.36. The summed E-state index contributed by atoms with van der Waals surface area (Å²) >= 11 is 0. The van der Waals surface area contributed by atoms with Gasteiger partial charge in [-0.1, -0.05) is 23.4 Å². The second kappa shape index (κ2) is 5.22. The molecule has 0 aliphatic carbocycles. The van der Waals surface area contributed by atoms with Gasteiger partial charge in [0.05, 0.1) is 23.6 Å². The number of benzene rings is 1. The average Bonchev–Trinajstić information content (AvgIpc) is 2.97. The van der Waals surface area contributed by atoms with Crippen LogP contribution in [0.15, 0.2) is 55.0 Å². The van der Waals surface area contributed by atoms with Crippen molar-refractivity contribution in [3.05, 3.63) is 71.8 Å². The Hall–Kier alpha value is -2.53. The minimum Gasteiger partial charge on any atom is -0.319 e. The first-order chi connectivity index (χ1) is 9.77. The fraction of sp³-hybridized carbons (Fsp3) is 0.133. The Kier molecular flexibility index (Phi) is 3.26. The van der Waals surface area contributed by atoms with E-state index in [9.17, 15) is 0 Å². The molecule has 0 amide bonds. The van der Waals surface area contributed by atoms with Gasteiger partial charge in [0.1, 0.15) is 0 Å². The van der Waals surface area contributed by atoms with Crippen molar-refractivity contribution >= 4 is 0 Å². The number of aromatic nitrogens is 4. The zero-order valence-electron chi connectivity index (χ0n) is 11.1. The Morgan fingerprint density at radius 2 is 1.90 bits per heavy atom. The Balaban J connectivity index is 2.04. The summed E-state index contributed by atoms with van der Waals surface area (Å²) in [5.74, 6) is 0. The van der Waals surface area contributed by atoms with Gasteiger partial charge in [-0.15, -0.1) is 5.10 Å². The Morgan fingerprint density at radius 1 is 1.10 bits per heavy atom. The van der Waals surface area contributed by atoms with Crippen molar-refractivity contribution in [3.63, 3.8) is 0 Å². The van der Waals surface area contributed by atoms with E-state index in [1.54, 1.807) is 23.3 Å². The highest BCUT2D eigenvalue weighted by atomic mass is 15.4. The van der Waals surface area contributed by atoms with Crippen molar-refractivity contribution in [1.82, 2.24) is 20.0 Å². The number of nitrogens with two attached hydrogens (primary N) is 1. The van der Waals surface area contributed by atoms with Gasteiger partial charge in [-0.3, -0.25) is 4.98 Å². The number of para-hydroxylation sites is 1. The van der Waals surface area contributed by atoms with Crippen LogP contribution in [-0.2, 0) is 0 Å². The molecule has 0 bridgehead atoms. The van der Waals surface area contributed by atoms with Crippen LogP contribution < -0.4 is 5.73 Å². The number of pyridine rings is 1. The summed E-state index contributed by atoms with van der Waals surface area (Å²) in [5.41, 5.74) is 10.2. The maximum Gasteiger partial charge on any atom is 0.0859 e. The molecule has 3 rings (SSSR count). The van der Waals surface area contributed by atoms with Gasteiger partial charge in [0, 0.05) is 12.4 Å². The highest BCUT2D eigenvalue weighted by Gasteiger charge is 2.17. The van der Waals surface area contributed by atoms with Crippen LogP contribution in [0.1, 0.15) is 22.9 Å². The fourth-order valence-electron chi connectivity index (χ4n) is 2.19. The molecule has 5 nitrogen and oxygen atoms in total. The first kappa shape index (κ1) is 12.5. The highest BCUT2D eigenvalue weighted by Crippen LogP contribution is 2.22.